The van der Waals surface area contributed by atoms with E-state index >= 15 is 0 Å². The third kappa shape index (κ3) is 3.10. The molecule has 1 unspecified atom stereocenters. The number of ether oxygens (including phenoxy) is 2. The van der Waals surface area contributed by atoms with Crippen LogP contribution in [0.15, 0.2) is 18.2 Å². The quantitative estimate of drug-likeness (QED) is 0.594. The highest BCUT2D eigenvalue weighted by molar-refractivity contribution is 5.69. The Morgan fingerprint density at radius 3 is 2.95 bits per heavy atom. The summed E-state index contributed by atoms with van der Waals surface area (Å²) in [7, 11) is 0. The number of hydrogen-bond acceptors (Lipinski definition) is 6. The average Bonchev–Trinajstić information content (AvgIpc) is 2.82. The molecule has 1 aliphatic rings. The highest BCUT2D eigenvalue weighted by Crippen LogP contribution is 2.28. The fraction of sp³-hybridized carbons (Fsp3) is 0.364. The Morgan fingerprint density at radius 1 is 1.58 bits per heavy atom. The summed E-state index contributed by atoms with van der Waals surface area (Å²) in [5.74, 6) is 0.130. The van der Waals surface area contributed by atoms with Gasteiger partial charge in [-0.1, -0.05) is 6.07 Å². The van der Waals surface area contributed by atoms with E-state index in [0.717, 1.165) is 0 Å². The number of nitrogens with one attached hydrogen (secondary N) is 1. The van der Waals surface area contributed by atoms with Crippen LogP contribution < -0.4 is 15.8 Å². The first-order chi connectivity index (χ1) is 9.10. The minimum absolute atomic E-state index is 0.0571. The largest absolute Gasteiger partial charge is 0.483 e. The van der Waals surface area contributed by atoms with Crippen molar-refractivity contribution in [1.29, 1.82) is 0 Å². The van der Waals surface area contributed by atoms with Gasteiger partial charge in [-0.05, 0) is 11.6 Å². The molecule has 8 heteroatoms. The fourth-order valence-corrected chi connectivity index (χ4v) is 1.66. The minimum atomic E-state index is -0.534. The summed E-state index contributed by atoms with van der Waals surface area (Å²) in [5, 5.41) is 13.4. The number of rotatable bonds is 5. The number of carbonyl (C=O) groups excluding carboxylic acids is 1. The molecule has 1 amide bonds. The van der Waals surface area contributed by atoms with Gasteiger partial charge in [-0.25, -0.2) is 4.79 Å². The van der Waals surface area contributed by atoms with Crippen LogP contribution in [0.1, 0.15) is 5.56 Å². The van der Waals surface area contributed by atoms with Gasteiger partial charge in [0, 0.05) is 12.6 Å². The molecule has 102 valence electrons. The molecule has 1 saturated heterocycles. The molecule has 1 aromatic carbocycles. The Hall–Kier alpha value is -2.35. The van der Waals surface area contributed by atoms with E-state index in [2.05, 4.69) is 5.32 Å². The molecule has 0 saturated carbocycles. The third-order valence-electron chi connectivity index (χ3n) is 2.63. The molecule has 8 nitrogen and oxygen atoms in total. The van der Waals surface area contributed by atoms with Crippen LogP contribution in [0.3, 0.4) is 0 Å². The number of cyclic esters (lactones) is 1. The van der Waals surface area contributed by atoms with Crippen LogP contribution in [0.25, 0.3) is 0 Å². The number of nitro groups is 1. The fourth-order valence-electron chi connectivity index (χ4n) is 1.66. The number of benzene rings is 1. The van der Waals surface area contributed by atoms with Crippen LogP contribution >= 0.6 is 0 Å². The van der Waals surface area contributed by atoms with Gasteiger partial charge in [0.05, 0.1) is 11.5 Å². The first kappa shape index (κ1) is 13.1. The number of nitrogens with zero attached hydrogens (tertiary/aromatic N) is 1. The van der Waals surface area contributed by atoms with E-state index in [4.69, 9.17) is 15.2 Å². The Balaban J connectivity index is 2.06. The second-order valence-electron chi connectivity index (χ2n) is 3.98. The minimum Gasteiger partial charge on any atom is -0.483 e. The zero-order valence-corrected chi connectivity index (χ0v) is 10.00. The van der Waals surface area contributed by atoms with Crippen molar-refractivity contribution in [2.24, 2.45) is 5.73 Å². The van der Waals surface area contributed by atoms with Crippen molar-refractivity contribution in [1.82, 2.24) is 5.32 Å². The van der Waals surface area contributed by atoms with Crippen molar-refractivity contribution < 1.29 is 19.2 Å². The maximum atomic E-state index is 10.9. The Morgan fingerprint density at radius 2 is 2.37 bits per heavy atom. The van der Waals surface area contributed by atoms with E-state index in [1.165, 1.54) is 12.1 Å². The molecule has 19 heavy (non-hydrogen) atoms. The van der Waals surface area contributed by atoms with Gasteiger partial charge < -0.3 is 20.5 Å². The van der Waals surface area contributed by atoms with Gasteiger partial charge in [0.2, 0.25) is 0 Å². The van der Waals surface area contributed by atoms with E-state index in [0.29, 0.717) is 12.1 Å². The highest BCUT2D eigenvalue weighted by Gasteiger charge is 2.24. The van der Waals surface area contributed by atoms with Crippen molar-refractivity contribution in [2.75, 3.05) is 13.2 Å². The summed E-state index contributed by atoms with van der Waals surface area (Å²) in [6.45, 7) is 0.598. The van der Waals surface area contributed by atoms with E-state index in [1.54, 1.807) is 6.07 Å². The highest BCUT2D eigenvalue weighted by atomic mass is 16.6. The van der Waals surface area contributed by atoms with Crippen LogP contribution in [0.4, 0.5) is 10.5 Å². The number of hydrogen-bond donors (Lipinski definition) is 2. The zero-order valence-electron chi connectivity index (χ0n) is 10.00. The lowest BCUT2D eigenvalue weighted by atomic mass is 10.2. The SMILES string of the molecule is NCc1ccc(OCC2CNC(=O)O2)c([N+](=O)[O-])c1. The van der Waals surface area contributed by atoms with Gasteiger partial charge >= 0.3 is 11.8 Å². The third-order valence-corrected chi connectivity index (χ3v) is 2.63. The van der Waals surface area contributed by atoms with Gasteiger partial charge in [0.15, 0.2) is 11.9 Å². The van der Waals surface area contributed by atoms with E-state index in [-0.39, 0.29) is 24.6 Å². The number of nitro benzene ring substituents is 1. The van der Waals surface area contributed by atoms with Gasteiger partial charge in [-0.2, -0.15) is 0 Å². The van der Waals surface area contributed by atoms with Gasteiger partial charge in [-0.3, -0.25) is 10.1 Å². The lowest BCUT2D eigenvalue weighted by Gasteiger charge is -2.10. The van der Waals surface area contributed by atoms with E-state index < -0.39 is 17.1 Å². The molecule has 1 aliphatic heterocycles. The van der Waals surface area contributed by atoms with Crippen molar-refractivity contribution in [3.05, 3.63) is 33.9 Å². The molecule has 0 radical (unpaired) electrons. The van der Waals surface area contributed by atoms with E-state index in [1.807, 2.05) is 0 Å². The van der Waals surface area contributed by atoms with Crippen LogP contribution in [0.2, 0.25) is 0 Å². The molecule has 0 spiro atoms. The second-order valence-corrected chi connectivity index (χ2v) is 3.98. The summed E-state index contributed by atoms with van der Waals surface area (Å²) >= 11 is 0. The van der Waals surface area contributed by atoms with Crippen molar-refractivity contribution in [2.45, 2.75) is 12.6 Å². The Kier molecular flexibility index (Phi) is 3.81. The summed E-state index contributed by atoms with van der Waals surface area (Å²) in [5.41, 5.74) is 5.92. The van der Waals surface area contributed by atoms with Crippen LogP contribution in [0.5, 0.6) is 5.75 Å². The molecule has 0 aliphatic carbocycles. The lowest BCUT2D eigenvalue weighted by Crippen LogP contribution is -2.22. The maximum absolute atomic E-state index is 10.9. The number of alkyl carbamates (subject to hydrolysis) is 1. The average molecular weight is 267 g/mol. The number of amides is 1. The number of nitrogens with two attached hydrogens (primary N) is 1. The molecule has 1 atom stereocenters. The van der Waals surface area contributed by atoms with Crippen molar-refractivity contribution in [3.8, 4) is 5.75 Å². The smallest absolute Gasteiger partial charge is 0.407 e. The summed E-state index contributed by atoms with van der Waals surface area (Å²) in [6, 6.07) is 4.51. The van der Waals surface area contributed by atoms with Gasteiger partial charge in [0.25, 0.3) is 0 Å². The van der Waals surface area contributed by atoms with Crippen molar-refractivity contribution in [3.63, 3.8) is 0 Å². The molecular formula is C11H13N3O5. The summed E-state index contributed by atoms with van der Waals surface area (Å²) in [6.07, 6.45) is -0.956. The molecule has 2 rings (SSSR count). The molecule has 0 bridgehead atoms. The van der Waals surface area contributed by atoms with Crippen LogP contribution in [0, 0.1) is 10.1 Å². The first-order valence-corrected chi connectivity index (χ1v) is 5.65. The molecule has 1 fully saturated rings. The maximum Gasteiger partial charge on any atom is 0.407 e. The molecule has 3 N–H and O–H groups in total. The lowest BCUT2D eigenvalue weighted by molar-refractivity contribution is -0.386. The first-order valence-electron chi connectivity index (χ1n) is 5.65. The van der Waals surface area contributed by atoms with Crippen molar-refractivity contribution >= 4 is 11.8 Å². The topological polar surface area (TPSA) is 117 Å². The Bertz CT molecular complexity index is 505. The standard InChI is InChI=1S/C11H13N3O5/c12-4-7-1-2-10(9(3-7)14(16)17)18-6-8-5-13-11(15)19-8/h1-3,8H,4-6,12H2,(H,13,15). The van der Waals surface area contributed by atoms with Gasteiger partial charge in [-0.15, -0.1) is 0 Å². The monoisotopic (exact) mass is 267 g/mol. The molecule has 1 heterocycles. The molecule has 0 aromatic heterocycles. The van der Waals surface area contributed by atoms with Crippen LogP contribution in [-0.2, 0) is 11.3 Å². The predicted octanol–water partition coefficient (Wildman–Crippen LogP) is 0.541. The zero-order chi connectivity index (χ0) is 13.8. The van der Waals surface area contributed by atoms with Gasteiger partial charge in [0.1, 0.15) is 6.61 Å². The van der Waals surface area contributed by atoms with Crippen LogP contribution in [-0.4, -0.2) is 30.3 Å². The number of carbonyl (C=O) groups is 1. The summed E-state index contributed by atoms with van der Waals surface area (Å²) < 4.78 is 10.2. The second kappa shape index (κ2) is 5.53. The summed E-state index contributed by atoms with van der Waals surface area (Å²) in [4.78, 5) is 21.2. The predicted molar refractivity (Wildman–Crippen MR) is 64.8 cm³/mol. The molecule has 1 aromatic rings. The Labute approximate surface area is 108 Å². The normalized spacial score (nSPS) is 17.7. The molecular weight excluding hydrogens is 254 g/mol. The van der Waals surface area contributed by atoms with E-state index in [9.17, 15) is 14.9 Å².